The zero-order valence-corrected chi connectivity index (χ0v) is 13.8. The van der Waals surface area contributed by atoms with Crippen LogP contribution in [0.3, 0.4) is 0 Å². The number of anilines is 1. The molecule has 1 aromatic carbocycles. The number of urea groups is 1. The minimum Gasteiger partial charge on any atom is -0.388 e. The minimum atomic E-state index is -0.868. The number of benzene rings is 1. The molecule has 2 rings (SSSR count). The number of rotatable bonds is 6. The van der Waals surface area contributed by atoms with Crippen LogP contribution >= 0.6 is 0 Å². The Bertz CT molecular complexity index is 569. The first-order valence-electron chi connectivity index (χ1n) is 7.99. The third-order valence-electron chi connectivity index (χ3n) is 4.11. The van der Waals surface area contributed by atoms with Crippen molar-refractivity contribution in [2.45, 2.75) is 32.1 Å². The second kappa shape index (κ2) is 8.36. The number of nitrogens with zero attached hydrogens (tertiary/aromatic N) is 1. The summed E-state index contributed by atoms with van der Waals surface area (Å²) in [5.41, 5.74) is -0.137. The molecule has 6 nitrogen and oxygen atoms in total. The minimum absolute atomic E-state index is 0.137. The molecule has 134 valence electrons. The van der Waals surface area contributed by atoms with Gasteiger partial charge >= 0.3 is 6.03 Å². The summed E-state index contributed by atoms with van der Waals surface area (Å²) in [6.45, 7) is 6.46. The van der Waals surface area contributed by atoms with E-state index in [0.29, 0.717) is 12.6 Å². The van der Waals surface area contributed by atoms with Gasteiger partial charge in [-0.05, 0) is 25.2 Å². The quantitative estimate of drug-likeness (QED) is 0.733. The Kier molecular flexibility index (Phi) is 6.47. The number of hydrogen-bond acceptors (Lipinski definition) is 4. The van der Waals surface area contributed by atoms with E-state index in [1.165, 1.54) is 0 Å². The largest absolute Gasteiger partial charge is 0.388 e. The average molecular weight is 343 g/mol. The Morgan fingerprint density at radius 3 is 2.71 bits per heavy atom. The molecule has 0 aliphatic carbocycles. The van der Waals surface area contributed by atoms with E-state index in [1.54, 1.807) is 0 Å². The van der Waals surface area contributed by atoms with Gasteiger partial charge in [-0.15, -0.1) is 0 Å². The predicted octanol–water partition coefficient (Wildman–Crippen LogP) is 1.56. The number of carbonyl (C=O) groups excluding carboxylic acids is 1. The van der Waals surface area contributed by atoms with E-state index >= 15 is 0 Å². The molecule has 1 saturated heterocycles. The number of amides is 2. The molecule has 2 amide bonds. The van der Waals surface area contributed by atoms with Gasteiger partial charge in [-0.25, -0.2) is 13.6 Å². The number of likely N-dealkylation sites (N-methyl/N-ethyl adjacent to an activating group) is 1. The number of aliphatic hydroxyl groups is 1. The second-order valence-electron chi connectivity index (χ2n) is 5.68. The Morgan fingerprint density at radius 1 is 1.38 bits per heavy atom. The first-order valence-corrected chi connectivity index (χ1v) is 7.99. The molecule has 0 spiro atoms. The zero-order valence-electron chi connectivity index (χ0n) is 13.8. The number of halogens is 2. The smallest absolute Gasteiger partial charge is 0.319 e. The van der Waals surface area contributed by atoms with Crippen molar-refractivity contribution in [1.29, 1.82) is 0 Å². The van der Waals surface area contributed by atoms with Crippen LogP contribution in [0.1, 0.15) is 13.8 Å². The maximum Gasteiger partial charge on any atom is 0.319 e. The van der Waals surface area contributed by atoms with E-state index in [9.17, 15) is 18.7 Å². The Labute approximate surface area is 139 Å². The van der Waals surface area contributed by atoms with Crippen molar-refractivity contribution >= 4 is 11.7 Å². The first-order chi connectivity index (χ1) is 11.4. The molecule has 0 radical (unpaired) electrons. The van der Waals surface area contributed by atoms with Gasteiger partial charge in [0, 0.05) is 12.6 Å². The van der Waals surface area contributed by atoms with Gasteiger partial charge in [-0.2, -0.15) is 0 Å². The van der Waals surface area contributed by atoms with Gasteiger partial charge in [0.25, 0.3) is 0 Å². The molecule has 0 bridgehead atoms. The van der Waals surface area contributed by atoms with Crippen LogP contribution in [0, 0.1) is 11.6 Å². The highest BCUT2D eigenvalue weighted by atomic mass is 19.1. The lowest BCUT2D eigenvalue weighted by atomic mass is 10.1. The van der Waals surface area contributed by atoms with E-state index in [-0.39, 0.29) is 12.3 Å². The van der Waals surface area contributed by atoms with E-state index < -0.39 is 35.9 Å². The second-order valence-corrected chi connectivity index (χ2v) is 5.68. The topological polar surface area (TPSA) is 73.8 Å². The summed E-state index contributed by atoms with van der Waals surface area (Å²) in [6, 6.07) is 1.59. The zero-order chi connectivity index (χ0) is 17.7. The van der Waals surface area contributed by atoms with Gasteiger partial charge in [0.1, 0.15) is 17.7 Å². The number of nitrogens with one attached hydrogen (secondary N) is 2. The molecule has 8 heteroatoms. The van der Waals surface area contributed by atoms with Gasteiger partial charge in [-0.1, -0.05) is 13.8 Å². The van der Waals surface area contributed by atoms with Gasteiger partial charge in [0.2, 0.25) is 0 Å². The number of hydrogen-bond donors (Lipinski definition) is 3. The van der Waals surface area contributed by atoms with Crippen molar-refractivity contribution in [2.24, 2.45) is 0 Å². The fourth-order valence-corrected chi connectivity index (χ4v) is 2.63. The summed E-state index contributed by atoms with van der Waals surface area (Å²) < 4.78 is 31.9. The van der Waals surface area contributed by atoms with E-state index in [1.807, 2.05) is 13.8 Å². The van der Waals surface area contributed by atoms with Crippen molar-refractivity contribution in [3.63, 3.8) is 0 Å². The van der Waals surface area contributed by atoms with Crippen LogP contribution in [0.2, 0.25) is 0 Å². The van der Waals surface area contributed by atoms with Crippen LogP contribution in [0.15, 0.2) is 18.2 Å². The van der Waals surface area contributed by atoms with Crippen LogP contribution in [0.25, 0.3) is 0 Å². The molecule has 0 aromatic heterocycles. The summed E-state index contributed by atoms with van der Waals surface area (Å²) in [5.74, 6) is -1.59. The summed E-state index contributed by atoms with van der Waals surface area (Å²) in [7, 11) is 0. The molecule has 1 aromatic rings. The van der Waals surface area contributed by atoms with Crippen LogP contribution < -0.4 is 10.6 Å². The third-order valence-corrected chi connectivity index (χ3v) is 4.11. The fraction of sp³-hybridized carbons (Fsp3) is 0.562. The molecular formula is C16H23F2N3O3. The SMILES string of the molecule is CCN(CC)CC1OCC(NC(=O)Nc2ccc(F)cc2F)C1O. The Morgan fingerprint density at radius 2 is 2.08 bits per heavy atom. The maximum absolute atomic E-state index is 13.5. The van der Waals surface area contributed by atoms with Crippen LogP contribution in [-0.4, -0.2) is 60.5 Å². The van der Waals surface area contributed by atoms with Gasteiger partial charge in [0.15, 0.2) is 0 Å². The molecule has 1 heterocycles. The third kappa shape index (κ3) is 4.62. The molecule has 3 N–H and O–H groups in total. The molecule has 1 aliphatic rings. The lowest BCUT2D eigenvalue weighted by Gasteiger charge is -2.24. The highest BCUT2D eigenvalue weighted by molar-refractivity contribution is 5.89. The van der Waals surface area contributed by atoms with Gasteiger partial charge in [0.05, 0.1) is 24.4 Å². The van der Waals surface area contributed by atoms with Crippen molar-refractivity contribution in [3.8, 4) is 0 Å². The van der Waals surface area contributed by atoms with Crippen molar-refractivity contribution in [1.82, 2.24) is 10.2 Å². The Hall–Kier alpha value is -1.77. The Balaban J connectivity index is 1.88. The highest BCUT2D eigenvalue weighted by Crippen LogP contribution is 2.17. The van der Waals surface area contributed by atoms with Crippen molar-refractivity contribution < 1.29 is 23.4 Å². The summed E-state index contributed by atoms with van der Waals surface area (Å²) in [4.78, 5) is 14.0. The maximum atomic E-state index is 13.5. The van der Waals surface area contributed by atoms with Crippen LogP contribution in [-0.2, 0) is 4.74 Å². The predicted molar refractivity (Wildman–Crippen MR) is 85.8 cm³/mol. The molecule has 3 atom stereocenters. The summed E-state index contributed by atoms with van der Waals surface area (Å²) in [5, 5.41) is 15.1. The monoisotopic (exact) mass is 343 g/mol. The molecule has 1 aliphatic heterocycles. The van der Waals surface area contributed by atoms with E-state index in [2.05, 4.69) is 15.5 Å². The number of carbonyl (C=O) groups is 1. The summed E-state index contributed by atoms with van der Waals surface area (Å²) in [6.07, 6.45) is -1.24. The lowest BCUT2D eigenvalue weighted by Crippen LogP contribution is -2.48. The average Bonchev–Trinajstić information content (AvgIpc) is 2.88. The fourth-order valence-electron chi connectivity index (χ4n) is 2.63. The van der Waals surface area contributed by atoms with Crippen LogP contribution in [0.4, 0.5) is 19.3 Å². The highest BCUT2D eigenvalue weighted by Gasteiger charge is 2.37. The molecular weight excluding hydrogens is 320 g/mol. The van der Waals surface area contributed by atoms with Crippen LogP contribution in [0.5, 0.6) is 0 Å². The first kappa shape index (κ1) is 18.6. The lowest BCUT2D eigenvalue weighted by molar-refractivity contribution is 0.0173. The van der Waals surface area contributed by atoms with Crippen molar-refractivity contribution in [2.75, 3.05) is 31.6 Å². The number of aliphatic hydroxyl groups excluding tert-OH is 1. The van der Waals surface area contributed by atoms with Crippen molar-refractivity contribution in [3.05, 3.63) is 29.8 Å². The normalized spacial score (nSPS) is 23.5. The van der Waals surface area contributed by atoms with Gasteiger partial charge < -0.3 is 25.4 Å². The van der Waals surface area contributed by atoms with E-state index in [0.717, 1.165) is 25.2 Å². The molecule has 0 saturated carbocycles. The molecule has 1 fully saturated rings. The standard InChI is InChI=1S/C16H23F2N3O3/c1-3-21(4-2)8-14-15(22)13(9-24-14)20-16(23)19-12-6-5-10(17)7-11(12)18/h5-7,13-15,22H,3-4,8-9H2,1-2H3,(H2,19,20,23). The van der Waals surface area contributed by atoms with Gasteiger partial charge in [-0.3, -0.25) is 0 Å². The molecule has 24 heavy (non-hydrogen) atoms. The molecule has 3 unspecified atom stereocenters. The number of ether oxygens (including phenoxy) is 1. The van der Waals surface area contributed by atoms with E-state index in [4.69, 9.17) is 4.74 Å². The summed E-state index contributed by atoms with van der Waals surface area (Å²) >= 11 is 0.